The Balaban J connectivity index is 2.28. The van der Waals surface area contributed by atoms with Gasteiger partial charge in [-0.15, -0.1) is 11.6 Å². The van der Waals surface area contributed by atoms with Crippen molar-refractivity contribution >= 4 is 11.6 Å². The lowest BCUT2D eigenvalue weighted by molar-refractivity contribution is 0.643. The summed E-state index contributed by atoms with van der Waals surface area (Å²) in [7, 11) is 0. The molecule has 1 nitrogen and oxygen atoms in total. The largest absolute Gasteiger partial charge is 0.312 e. The Labute approximate surface area is 95.8 Å². The molecule has 0 aliphatic carbocycles. The van der Waals surface area contributed by atoms with Crippen molar-refractivity contribution in [1.29, 1.82) is 0 Å². The minimum atomic E-state index is 0.615. The average molecular weight is 220 g/mol. The molecular formula is C13H14ClN. The molecule has 0 unspecified atom stereocenters. The van der Waals surface area contributed by atoms with E-state index in [2.05, 4.69) is 35.4 Å². The van der Waals surface area contributed by atoms with Gasteiger partial charge in [-0.3, -0.25) is 0 Å². The molecule has 2 rings (SSSR count). The van der Waals surface area contributed by atoms with Crippen LogP contribution < -0.4 is 5.32 Å². The van der Waals surface area contributed by atoms with Crippen molar-refractivity contribution < 1.29 is 0 Å². The SMILES string of the molecule is ClCCC#Cc1cccc2c1CCNC2. The highest BCUT2D eigenvalue weighted by Gasteiger charge is 2.10. The first-order chi connectivity index (χ1) is 7.42. The summed E-state index contributed by atoms with van der Waals surface area (Å²) >= 11 is 5.60. The number of rotatable bonds is 1. The summed E-state index contributed by atoms with van der Waals surface area (Å²) in [5.74, 6) is 6.93. The predicted molar refractivity (Wildman–Crippen MR) is 64.1 cm³/mol. The molecule has 0 saturated heterocycles. The fourth-order valence-electron chi connectivity index (χ4n) is 1.85. The van der Waals surface area contributed by atoms with E-state index in [0.717, 1.165) is 25.9 Å². The van der Waals surface area contributed by atoms with Gasteiger partial charge in [-0.25, -0.2) is 0 Å². The third-order valence-electron chi connectivity index (χ3n) is 2.58. The van der Waals surface area contributed by atoms with Crippen LogP contribution in [-0.4, -0.2) is 12.4 Å². The van der Waals surface area contributed by atoms with Crippen LogP contribution in [0.15, 0.2) is 18.2 Å². The summed E-state index contributed by atoms with van der Waals surface area (Å²) in [5.41, 5.74) is 3.98. The molecule has 15 heavy (non-hydrogen) atoms. The van der Waals surface area contributed by atoms with Crippen LogP contribution in [0.5, 0.6) is 0 Å². The summed E-state index contributed by atoms with van der Waals surface area (Å²) < 4.78 is 0. The van der Waals surface area contributed by atoms with Crippen molar-refractivity contribution in [3.63, 3.8) is 0 Å². The summed E-state index contributed by atoms with van der Waals surface area (Å²) in [5, 5.41) is 3.37. The maximum Gasteiger partial charge on any atom is 0.0333 e. The van der Waals surface area contributed by atoms with Crippen LogP contribution in [0, 0.1) is 11.8 Å². The monoisotopic (exact) mass is 219 g/mol. The highest BCUT2D eigenvalue weighted by molar-refractivity contribution is 6.18. The first-order valence-corrected chi connectivity index (χ1v) is 5.81. The van der Waals surface area contributed by atoms with Crippen molar-refractivity contribution in [2.75, 3.05) is 12.4 Å². The molecule has 0 spiro atoms. The Hall–Kier alpha value is -0.970. The topological polar surface area (TPSA) is 12.0 Å². The van der Waals surface area contributed by atoms with E-state index in [4.69, 9.17) is 11.6 Å². The van der Waals surface area contributed by atoms with Gasteiger partial charge in [-0.1, -0.05) is 24.0 Å². The molecule has 0 atom stereocenters. The summed E-state index contributed by atoms with van der Waals surface area (Å²) in [6.45, 7) is 2.03. The zero-order valence-electron chi connectivity index (χ0n) is 8.65. The number of alkyl halides is 1. The number of fused-ring (bicyclic) bond motifs is 1. The van der Waals surface area contributed by atoms with E-state index in [9.17, 15) is 0 Å². The Morgan fingerprint density at radius 1 is 1.40 bits per heavy atom. The van der Waals surface area contributed by atoms with E-state index in [-0.39, 0.29) is 0 Å². The van der Waals surface area contributed by atoms with E-state index in [1.165, 1.54) is 16.7 Å². The lowest BCUT2D eigenvalue weighted by Crippen LogP contribution is -2.24. The molecule has 1 heterocycles. The first-order valence-electron chi connectivity index (χ1n) is 5.28. The van der Waals surface area contributed by atoms with E-state index < -0.39 is 0 Å². The highest BCUT2D eigenvalue weighted by atomic mass is 35.5. The normalized spacial score (nSPS) is 13.9. The van der Waals surface area contributed by atoms with Crippen LogP contribution in [0.3, 0.4) is 0 Å². The maximum atomic E-state index is 5.60. The zero-order valence-corrected chi connectivity index (χ0v) is 9.40. The number of halogens is 1. The number of nitrogens with one attached hydrogen (secondary N) is 1. The van der Waals surface area contributed by atoms with Crippen molar-refractivity contribution in [1.82, 2.24) is 5.32 Å². The Morgan fingerprint density at radius 2 is 2.33 bits per heavy atom. The van der Waals surface area contributed by atoms with Crippen LogP contribution in [0.4, 0.5) is 0 Å². The second-order valence-corrected chi connectivity index (χ2v) is 3.99. The van der Waals surface area contributed by atoms with E-state index in [1.54, 1.807) is 0 Å². The molecular weight excluding hydrogens is 206 g/mol. The van der Waals surface area contributed by atoms with Crippen molar-refractivity contribution in [2.24, 2.45) is 0 Å². The Morgan fingerprint density at radius 3 is 3.20 bits per heavy atom. The van der Waals surface area contributed by atoms with Gasteiger partial charge in [0.2, 0.25) is 0 Å². The standard InChI is InChI=1S/C13H14ClN/c14-8-2-1-4-11-5-3-6-12-10-15-9-7-13(11)12/h3,5-6,15H,2,7-10H2. The third kappa shape index (κ3) is 2.53. The molecule has 1 aliphatic rings. The van der Waals surface area contributed by atoms with Gasteiger partial charge in [0.05, 0.1) is 0 Å². The molecule has 0 saturated carbocycles. The van der Waals surface area contributed by atoms with Crippen LogP contribution in [0.2, 0.25) is 0 Å². The summed E-state index contributed by atoms with van der Waals surface area (Å²) in [6, 6.07) is 6.36. The van der Waals surface area contributed by atoms with E-state index in [0.29, 0.717) is 5.88 Å². The smallest absolute Gasteiger partial charge is 0.0333 e. The van der Waals surface area contributed by atoms with Crippen molar-refractivity contribution in [3.8, 4) is 11.8 Å². The number of hydrogen-bond donors (Lipinski definition) is 1. The zero-order chi connectivity index (χ0) is 10.5. The predicted octanol–water partition coefficient (Wildman–Crippen LogP) is 2.31. The van der Waals surface area contributed by atoms with Gasteiger partial charge in [0, 0.05) is 24.4 Å². The minimum absolute atomic E-state index is 0.615. The average Bonchev–Trinajstić information content (AvgIpc) is 2.30. The van der Waals surface area contributed by atoms with Gasteiger partial charge >= 0.3 is 0 Å². The first kappa shape index (κ1) is 10.5. The Kier molecular flexibility index (Phi) is 3.66. The molecule has 0 aromatic heterocycles. The molecule has 0 bridgehead atoms. The Bertz CT molecular complexity index is 401. The lowest BCUT2D eigenvalue weighted by atomic mass is 9.96. The lowest BCUT2D eigenvalue weighted by Gasteiger charge is -2.18. The molecule has 1 N–H and O–H groups in total. The summed E-state index contributed by atoms with van der Waals surface area (Å²) in [4.78, 5) is 0. The minimum Gasteiger partial charge on any atom is -0.312 e. The number of hydrogen-bond acceptors (Lipinski definition) is 1. The van der Waals surface area contributed by atoms with Crippen LogP contribution >= 0.6 is 11.6 Å². The fraction of sp³-hybridized carbons (Fsp3) is 0.385. The fourth-order valence-corrected chi connectivity index (χ4v) is 1.95. The van der Waals surface area contributed by atoms with Crippen LogP contribution in [-0.2, 0) is 13.0 Å². The van der Waals surface area contributed by atoms with Crippen LogP contribution in [0.1, 0.15) is 23.1 Å². The molecule has 2 heteroatoms. The van der Waals surface area contributed by atoms with Crippen LogP contribution in [0.25, 0.3) is 0 Å². The molecule has 0 fully saturated rings. The van der Waals surface area contributed by atoms with Gasteiger partial charge in [0.25, 0.3) is 0 Å². The molecule has 0 radical (unpaired) electrons. The van der Waals surface area contributed by atoms with Crippen molar-refractivity contribution in [3.05, 3.63) is 34.9 Å². The quantitative estimate of drug-likeness (QED) is 0.565. The third-order valence-corrected chi connectivity index (χ3v) is 2.77. The number of benzene rings is 1. The molecule has 1 aliphatic heterocycles. The van der Waals surface area contributed by atoms with Gasteiger partial charge < -0.3 is 5.32 Å². The second kappa shape index (κ2) is 5.21. The molecule has 1 aromatic carbocycles. The maximum absolute atomic E-state index is 5.60. The van der Waals surface area contributed by atoms with Gasteiger partial charge in [0.1, 0.15) is 0 Å². The van der Waals surface area contributed by atoms with Gasteiger partial charge in [-0.2, -0.15) is 0 Å². The summed E-state index contributed by atoms with van der Waals surface area (Å²) in [6.07, 6.45) is 1.85. The molecule has 78 valence electrons. The van der Waals surface area contributed by atoms with Crippen molar-refractivity contribution in [2.45, 2.75) is 19.4 Å². The molecule has 0 amide bonds. The molecule has 1 aromatic rings. The second-order valence-electron chi connectivity index (χ2n) is 3.61. The van der Waals surface area contributed by atoms with E-state index in [1.807, 2.05) is 0 Å². The van der Waals surface area contributed by atoms with Gasteiger partial charge in [0.15, 0.2) is 0 Å². The highest BCUT2D eigenvalue weighted by Crippen LogP contribution is 2.17. The van der Waals surface area contributed by atoms with E-state index >= 15 is 0 Å². The van der Waals surface area contributed by atoms with Gasteiger partial charge in [-0.05, 0) is 30.2 Å².